The molecule has 2 aliphatic rings. The third-order valence-electron chi connectivity index (χ3n) is 5.30. The van der Waals surface area contributed by atoms with Crippen molar-refractivity contribution in [3.8, 4) is 0 Å². The minimum atomic E-state index is -3.82. The Labute approximate surface area is 166 Å². The Bertz CT molecular complexity index is 885. The molecule has 28 heavy (non-hydrogen) atoms. The summed E-state index contributed by atoms with van der Waals surface area (Å²) >= 11 is 0. The summed E-state index contributed by atoms with van der Waals surface area (Å²) in [6.07, 6.45) is 1.52. The summed E-state index contributed by atoms with van der Waals surface area (Å²) in [6, 6.07) is 16.4. The summed E-state index contributed by atoms with van der Waals surface area (Å²) in [7, 11) is -3.82. The smallest absolute Gasteiger partial charge is 0.297 e. The van der Waals surface area contributed by atoms with E-state index in [0.29, 0.717) is 13.2 Å². The van der Waals surface area contributed by atoms with E-state index in [-0.39, 0.29) is 29.8 Å². The quantitative estimate of drug-likeness (QED) is 0.690. The maximum Gasteiger partial charge on any atom is 0.297 e. The summed E-state index contributed by atoms with van der Waals surface area (Å²) < 4.78 is 36.4. The topological polar surface area (TPSA) is 65.1 Å². The Hall–Kier alpha value is -1.77. The van der Waals surface area contributed by atoms with Gasteiger partial charge in [-0.25, -0.2) is 0 Å². The highest BCUT2D eigenvalue weighted by atomic mass is 32.2. The van der Waals surface area contributed by atoms with Crippen LogP contribution in [0.3, 0.4) is 0 Å². The average molecular weight is 404 g/mol. The molecule has 0 spiro atoms. The van der Waals surface area contributed by atoms with E-state index in [1.165, 1.54) is 0 Å². The lowest BCUT2D eigenvalue weighted by Crippen LogP contribution is -2.38. The van der Waals surface area contributed by atoms with Gasteiger partial charge in [0.2, 0.25) is 0 Å². The fraction of sp³-hybridized carbons (Fsp3) is 0.429. The van der Waals surface area contributed by atoms with E-state index >= 15 is 0 Å². The highest BCUT2D eigenvalue weighted by Gasteiger charge is 2.46. The lowest BCUT2D eigenvalue weighted by molar-refractivity contribution is -0.255. The number of fused-ring (bicyclic) bond motifs is 1. The van der Waals surface area contributed by atoms with Gasteiger partial charge in [0.05, 0.1) is 17.5 Å². The standard InChI is InChI=1S/C21H25NO5S/c1-16-9-11-18(12-10-16)28(23,24)26-15-20-19-8-5-13-25-21(19)27-22(20)14-17-6-3-2-4-7-17/h2-4,6-7,9-12,19-21H,5,8,13-15H2,1H3/t19-,20-,21+/m0/s1. The highest BCUT2D eigenvalue weighted by Crippen LogP contribution is 2.36. The van der Waals surface area contributed by atoms with Crippen LogP contribution in [0.2, 0.25) is 0 Å². The van der Waals surface area contributed by atoms with Gasteiger partial charge in [-0.3, -0.25) is 9.02 Å². The zero-order chi connectivity index (χ0) is 19.6. The summed E-state index contributed by atoms with van der Waals surface area (Å²) in [6.45, 7) is 3.16. The summed E-state index contributed by atoms with van der Waals surface area (Å²) in [5.41, 5.74) is 2.09. The number of aryl methyl sites for hydroxylation is 1. The van der Waals surface area contributed by atoms with E-state index in [2.05, 4.69) is 0 Å². The van der Waals surface area contributed by atoms with E-state index in [1.54, 1.807) is 24.3 Å². The lowest BCUT2D eigenvalue weighted by atomic mass is 9.93. The molecule has 150 valence electrons. The molecular weight excluding hydrogens is 378 g/mol. The second kappa shape index (κ2) is 8.31. The minimum Gasteiger partial charge on any atom is -0.350 e. The van der Waals surface area contributed by atoms with Crippen LogP contribution < -0.4 is 0 Å². The van der Waals surface area contributed by atoms with Gasteiger partial charge in [0.25, 0.3) is 10.1 Å². The predicted molar refractivity (Wildman–Crippen MR) is 104 cm³/mol. The highest BCUT2D eigenvalue weighted by molar-refractivity contribution is 7.86. The van der Waals surface area contributed by atoms with Crippen molar-refractivity contribution >= 4 is 10.1 Å². The Morgan fingerprint density at radius 1 is 1.11 bits per heavy atom. The molecule has 0 aliphatic carbocycles. The molecule has 2 heterocycles. The molecule has 0 N–H and O–H groups in total. The van der Waals surface area contributed by atoms with Crippen LogP contribution in [0, 0.1) is 12.8 Å². The molecular formula is C21H25NO5S. The first kappa shape index (κ1) is 19.5. The Kier molecular flexibility index (Phi) is 5.80. The summed E-state index contributed by atoms with van der Waals surface area (Å²) in [4.78, 5) is 6.17. The van der Waals surface area contributed by atoms with E-state index < -0.39 is 10.1 Å². The molecule has 2 aromatic carbocycles. The molecule has 7 heteroatoms. The van der Waals surface area contributed by atoms with E-state index in [9.17, 15) is 8.42 Å². The van der Waals surface area contributed by atoms with Crippen LogP contribution >= 0.6 is 0 Å². The SMILES string of the molecule is Cc1ccc(S(=O)(=O)OC[C@H]2[C@@H]3CCCO[C@@H]3ON2Cc2ccccc2)cc1. The van der Waals surface area contributed by atoms with Gasteiger partial charge < -0.3 is 4.74 Å². The van der Waals surface area contributed by atoms with Crippen molar-refractivity contribution < 1.29 is 22.2 Å². The second-order valence-electron chi connectivity index (χ2n) is 7.33. The zero-order valence-corrected chi connectivity index (χ0v) is 16.7. The number of ether oxygens (including phenoxy) is 1. The molecule has 0 saturated carbocycles. The van der Waals surface area contributed by atoms with Crippen molar-refractivity contribution in [2.45, 2.75) is 43.5 Å². The molecule has 2 fully saturated rings. The average Bonchev–Trinajstić information content (AvgIpc) is 3.04. The molecule has 3 atom stereocenters. The van der Waals surface area contributed by atoms with Crippen LogP contribution in [0.5, 0.6) is 0 Å². The first-order valence-corrected chi connectivity index (χ1v) is 11.0. The molecule has 0 aromatic heterocycles. The molecule has 2 aromatic rings. The van der Waals surface area contributed by atoms with Gasteiger partial charge in [-0.15, -0.1) is 0 Å². The van der Waals surface area contributed by atoms with E-state index in [0.717, 1.165) is 24.0 Å². The van der Waals surface area contributed by atoms with Gasteiger partial charge in [0, 0.05) is 19.1 Å². The van der Waals surface area contributed by atoms with Crippen molar-refractivity contribution in [3.05, 3.63) is 65.7 Å². The third-order valence-corrected chi connectivity index (χ3v) is 6.60. The van der Waals surface area contributed by atoms with Crippen molar-refractivity contribution in [1.82, 2.24) is 5.06 Å². The number of hydrogen-bond donors (Lipinski definition) is 0. The van der Waals surface area contributed by atoms with Gasteiger partial charge in [-0.2, -0.15) is 13.5 Å². The normalized spacial score (nSPS) is 25.5. The van der Waals surface area contributed by atoms with E-state index in [4.69, 9.17) is 13.8 Å². The molecule has 6 nitrogen and oxygen atoms in total. The Morgan fingerprint density at radius 2 is 1.86 bits per heavy atom. The first-order chi connectivity index (χ1) is 13.5. The van der Waals surface area contributed by atoms with Crippen molar-refractivity contribution in [3.63, 3.8) is 0 Å². The lowest BCUT2D eigenvalue weighted by Gasteiger charge is -2.27. The fourth-order valence-corrected chi connectivity index (χ4v) is 4.67. The van der Waals surface area contributed by atoms with Gasteiger partial charge in [-0.05, 0) is 37.5 Å². The van der Waals surface area contributed by atoms with Crippen LogP contribution in [0.1, 0.15) is 24.0 Å². The maximum absolute atomic E-state index is 12.6. The van der Waals surface area contributed by atoms with Gasteiger partial charge >= 0.3 is 0 Å². The Balaban J connectivity index is 1.49. The number of hydrogen-bond acceptors (Lipinski definition) is 6. The molecule has 2 aliphatic heterocycles. The molecule has 4 rings (SSSR count). The fourth-order valence-electron chi connectivity index (χ4n) is 3.74. The number of rotatable bonds is 6. The van der Waals surface area contributed by atoms with E-state index in [1.807, 2.05) is 42.3 Å². The third kappa shape index (κ3) is 4.29. The molecule has 0 amide bonds. The van der Waals surface area contributed by atoms with Crippen LogP contribution in [0.25, 0.3) is 0 Å². The van der Waals surface area contributed by atoms with Gasteiger partial charge in [-0.1, -0.05) is 48.0 Å². The van der Waals surface area contributed by atoms with Crippen LogP contribution in [0.4, 0.5) is 0 Å². The summed E-state index contributed by atoms with van der Waals surface area (Å²) in [5.74, 6) is 0.0886. The maximum atomic E-state index is 12.6. The molecule has 0 radical (unpaired) electrons. The minimum absolute atomic E-state index is 0.0353. The predicted octanol–water partition coefficient (Wildman–Crippen LogP) is 3.27. The molecule has 0 unspecified atom stereocenters. The van der Waals surface area contributed by atoms with Crippen LogP contribution in [-0.2, 0) is 30.4 Å². The second-order valence-corrected chi connectivity index (χ2v) is 8.95. The molecule has 0 bridgehead atoms. The van der Waals surface area contributed by atoms with Crippen LogP contribution in [0.15, 0.2) is 59.5 Å². The monoisotopic (exact) mass is 403 g/mol. The Morgan fingerprint density at radius 3 is 2.61 bits per heavy atom. The van der Waals surface area contributed by atoms with Gasteiger partial charge in [0.1, 0.15) is 0 Å². The number of nitrogens with zero attached hydrogens (tertiary/aromatic N) is 1. The van der Waals surface area contributed by atoms with Crippen molar-refractivity contribution in [2.75, 3.05) is 13.2 Å². The van der Waals surface area contributed by atoms with Crippen LogP contribution in [-0.4, -0.2) is 39.0 Å². The molecule has 2 saturated heterocycles. The largest absolute Gasteiger partial charge is 0.350 e. The number of hydroxylamine groups is 2. The van der Waals surface area contributed by atoms with Gasteiger partial charge in [0.15, 0.2) is 6.29 Å². The zero-order valence-electron chi connectivity index (χ0n) is 15.9. The van der Waals surface area contributed by atoms with Crippen molar-refractivity contribution in [2.24, 2.45) is 5.92 Å². The number of benzene rings is 2. The first-order valence-electron chi connectivity index (χ1n) is 9.58. The summed E-state index contributed by atoms with van der Waals surface area (Å²) in [5, 5.41) is 1.82. The van der Waals surface area contributed by atoms with Crippen molar-refractivity contribution in [1.29, 1.82) is 0 Å².